The van der Waals surface area contributed by atoms with Crippen LogP contribution in [0.4, 0.5) is 0 Å². The van der Waals surface area contributed by atoms with Crippen molar-refractivity contribution in [2.75, 3.05) is 6.26 Å². The highest BCUT2D eigenvalue weighted by Crippen LogP contribution is 2.03. The van der Waals surface area contributed by atoms with Crippen molar-refractivity contribution < 1.29 is 4.55 Å². The zero-order valence-electron chi connectivity index (χ0n) is 5.00. The van der Waals surface area contributed by atoms with Gasteiger partial charge in [-0.2, -0.15) is 0 Å². The van der Waals surface area contributed by atoms with E-state index in [1.165, 1.54) is 0 Å². The molecule has 1 aromatic rings. The lowest BCUT2D eigenvalue weighted by molar-refractivity contribution is 0.600. The highest BCUT2D eigenvalue weighted by Gasteiger charge is 1.99. The van der Waals surface area contributed by atoms with Gasteiger partial charge in [-0.3, -0.25) is 0 Å². The maximum Gasteiger partial charge on any atom is 0.170 e. The smallest absolute Gasteiger partial charge is 0.170 e. The Morgan fingerprint density at radius 3 is 2.89 bits per heavy atom. The average Bonchev–Trinajstić information content (AvgIpc) is 1.90. The first-order valence-electron chi connectivity index (χ1n) is 2.46. The van der Waals surface area contributed by atoms with Gasteiger partial charge in [-0.25, -0.2) is 4.98 Å². The van der Waals surface area contributed by atoms with E-state index in [1.54, 1.807) is 24.6 Å². The molecule has 0 N–H and O–H groups in total. The Bertz CT molecular complexity index is 176. The summed E-state index contributed by atoms with van der Waals surface area (Å²) in [6, 6.07) is 3.39. The van der Waals surface area contributed by atoms with Crippen molar-refractivity contribution in [2.45, 2.75) is 4.90 Å². The van der Waals surface area contributed by atoms with Crippen molar-refractivity contribution in [3.63, 3.8) is 0 Å². The third-order valence-electron chi connectivity index (χ3n) is 0.920. The summed E-state index contributed by atoms with van der Waals surface area (Å²) in [6.45, 7) is 0. The van der Waals surface area contributed by atoms with Crippen LogP contribution in [0.2, 0.25) is 0 Å². The second-order valence-corrected chi connectivity index (χ2v) is 2.96. The van der Waals surface area contributed by atoms with E-state index in [1.807, 2.05) is 0 Å². The quantitative estimate of drug-likeness (QED) is 0.536. The van der Waals surface area contributed by atoms with E-state index in [0.717, 1.165) is 4.90 Å². The maximum absolute atomic E-state index is 10.7. The lowest BCUT2D eigenvalue weighted by Gasteiger charge is -2.00. The zero-order valence-corrected chi connectivity index (χ0v) is 5.81. The number of rotatable bonds is 1. The molecule has 1 atom stereocenters. The maximum atomic E-state index is 10.7. The first kappa shape index (κ1) is 6.58. The summed E-state index contributed by atoms with van der Waals surface area (Å²) in [7, 11) is 0. The van der Waals surface area contributed by atoms with E-state index in [-0.39, 0.29) is 0 Å². The van der Waals surface area contributed by atoms with Crippen LogP contribution in [0.3, 0.4) is 0 Å². The molecule has 9 heavy (non-hydrogen) atoms. The van der Waals surface area contributed by atoms with Gasteiger partial charge in [0.05, 0.1) is 12.4 Å². The number of aromatic nitrogens is 1. The van der Waals surface area contributed by atoms with Gasteiger partial charge in [0.15, 0.2) is 4.90 Å². The fourth-order valence-electron chi connectivity index (χ4n) is 0.476. The SMILES string of the molecule is C[S+]([O-])c1cc[c]nc1. The molecule has 0 aromatic carbocycles. The van der Waals surface area contributed by atoms with Crippen molar-refractivity contribution in [1.29, 1.82) is 0 Å². The van der Waals surface area contributed by atoms with E-state index < -0.39 is 11.2 Å². The van der Waals surface area contributed by atoms with E-state index >= 15 is 0 Å². The van der Waals surface area contributed by atoms with Crippen LogP contribution in [-0.2, 0) is 11.2 Å². The van der Waals surface area contributed by atoms with Crippen molar-refractivity contribution in [1.82, 2.24) is 4.98 Å². The molecule has 0 bridgehead atoms. The van der Waals surface area contributed by atoms with Crippen molar-refractivity contribution >= 4 is 11.2 Å². The summed E-state index contributed by atoms with van der Waals surface area (Å²) in [5.74, 6) is 0. The van der Waals surface area contributed by atoms with Crippen molar-refractivity contribution in [2.24, 2.45) is 0 Å². The monoisotopic (exact) mass is 140 g/mol. The number of nitrogens with zero attached hydrogens (tertiary/aromatic N) is 1. The predicted molar refractivity (Wildman–Crippen MR) is 35.4 cm³/mol. The Morgan fingerprint density at radius 1 is 1.78 bits per heavy atom. The molecular formula is C6H6NOS. The summed E-state index contributed by atoms with van der Waals surface area (Å²) in [6.07, 6.45) is 5.78. The highest BCUT2D eigenvalue weighted by atomic mass is 32.2. The van der Waals surface area contributed by atoms with Gasteiger partial charge in [-0.05, 0) is 23.3 Å². The highest BCUT2D eigenvalue weighted by molar-refractivity contribution is 7.90. The molecule has 1 heterocycles. The van der Waals surface area contributed by atoms with Gasteiger partial charge in [0.1, 0.15) is 6.26 Å². The molecule has 2 nitrogen and oxygen atoms in total. The molecule has 0 aliphatic carbocycles. The molecule has 0 aliphatic heterocycles. The average molecular weight is 140 g/mol. The number of hydrogen-bond donors (Lipinski definition) is 0. The molecule has 1 radical (unpaired) electrons. The first-order valence-corrected chi connectivity index (χ1v) is 4.02. The third kappa shape index (κ3) is 1.69. The Kier molecular flexibility index (Phi) is 2.08. The van der Waals surface area contributed by atoms with E-state index in [2.05, 4.69) is 11.2 Å². The Labute approximate surface area is 57.1 Å². The molecule has 0 saturated heterocycles. The molecule has 1 aromatic heterocycles. The molecule has 0 spiro atoms. The van der Waals surface area contributed by atoms with Crippen LogP contribution < -0.4 is 0 Å². The molecule has 0 amide bonds. The standard InChI is InChI=1S/C6H6NOS/c1-9(8)6-3-2-4-7-5-6/h2-3,5H,1H3. The minimum absolute atomic E-state index is 0.744. The van der Waals surface area contributed by atoms with Crippen LogP contribution in [0.1, 0.15) is 0 Å². The van der Waals surface area contributed by atoms with E-state index in [9.17, 15) is 4.55 Å². The van der Waals surface area contributed by atoms with Gasteiger partial charge in [0.2, 0.25) is 0 Å². The predicted octanol–water partition coefficient (Wildman–Crippen LogP) is 0.619. The van der Waals surface area contributed by atoms with Crippen LogP contribution in [0.25, 0.3) is 0 Å². The van der Waals surface area contributed by atoms with E-state index in [4.69, 9.17) is 0 Å². The van der Waals surface area contributed by atoms with Gasteiger partial charge in [-0.15, -0.1) is 0 Å². The molecule has 3 heteroatoms. The summed E-state index contributed by atoms with van der Waals surface area (Å²) >= 11 is -0.911. The van der Waals surface area contributed by atoms with Gasteiger partial charge >= 0.3 is 0 Å². The molecule has 0 aliphatic rings. The summed E-state index contributed by atoms with van der Waals surface area (Å²) in [5.41, 5.74) is 0. The number of pyridine rings is 1. The molecule has 1 unspecified atom stereocenters. The normalized spacial score (nSPS) is 13.1. The van der Waals surface area contributed by atoms with Crippen LogP contribution in [0, 0.1) is 6.20 Å². The second kappa shape index (κ2) is 2.85. The largest absolute Gasteiger partial charge is 0.612 e. The van der Waals surface area contributed by atoms with Crippen LogP contribution in [-0.4, -0.2) is 15.8 Å². The minimum Gasteiger partial charge on any atom is -0.612 e. The Hall–Kier alpha value is -0.540. The molecule has 0 saturated carbocycles. The molecule has 47 valence electrons. The Balaban J connectivity index is 2.85. The third-order valence-corrected chi connectivity index (χ3v) is 1.83. The van der Waals surface area contributed by atoms with Crippen molar-refractivity contribution in [3.05, 3.63) is 24.5 Å². The van der Waals surface area contributed by atoms with Crippen LogP contribution >= 0.6 is 0 Å². The van der Waals surface area contributed by atoms with Gasteiger partial charge in [0, 0.05) is 0 Å². The van der Waals surface area contributed by atoms with E-state index in [0.29, 0.717) is 0 Å². The second-order valence-electron chi connectivity index (χ2n) is 1.58. The number of hydrogen-bond acceptors (Lipinski definition) is 2. The first-order chi connectivity index (χ1) is 4.30. The van der Waals surface area contributed by atoms with Gasteiger partial charge in [0.25, 0.3) is 0 Å². The van der Waals surface area contributed by atoms with Crippen LogP contribution in [0.5, 0.6) is 0 Å². The van der Waals surface area contributed by atoms with Crippen LogP contribution in [0.15, 0.2) is 23.2 Å². The fraction of sp³-hybridized carbons (Fsp3) is 0.167. The summed E-state index contributed by atoms with van der Waals surface area (Å²) in [4.78, 5) is 4.43. The summed E-state index contributed by atoms with van der Waals surface area (Å²) in [5, 5.41) is 0. The zero-order chi connectivity index (χ0) is 6.69. The molecule has 0 fully saturated rings. The fourth-order valence-corrected chi connectivity index (χ4v) is 0.937. The minimum atomic E-state index is -0.911. The molecule has 1 rings (SSSR count). The lowest BCUT2D eigenvalue weighted by Crippen LogP contribution is -1.96. The van der Waals surface area contributed by atoms with Gasteiger partial charge in [-0.1, -0.05) is 0 Å². The Morgan fingerprint density at radius 2 is 2.56 bits per heavy atom. The van der Waals surface area contributed by atoms with Gasteiger partial charge < -0.3 is 4.55 Å². The lowest BCUT2D eigenvalue weighted by atomic mass is 10.5. The topological polar surface area (TPSA) is 36.0 Å². The molecular weight excluding hydrogens is 134 g/mol. The van der Waals surface area contributed by atoms with Crippen molar-refractivity contribution in [3.8, 4) is 0 Å². The summed E-state index contributed by atoms with van der Waals surface area (Å²) < 4.78 is 10.7.